The zero-order valence-electron chi connectivity index (χ0n) is 17.3. The fraction of sp³-hybridized carbons (Fsp3) is 0.706. The highest BCUT2D eigenvalue weighted by Crippen LogP contribution is 2.14. The molecule has 0 saturated heterocycles. The van der Waals surface area contributed by atoms with Crippen molar-refractivity contribution < 1.29 is 15.3 Å². The quantitative estimate of drug-likeness (QED) is 0.192. The van der Waals surface area contributed by atoms with E-state index in [9.17, 15) is 10.1 Å². The van der Waals surface area contributed by atoms with Gasteiger partial charge in [-0.2, -0.15) is 0 Å². The third-order valence-electron chi connectivity index (χ3n) is 5.09. The average Bonchev–Trinajstić information content (AvgIpc) is 3.10. The van der Waals surface area contributed by atoms with Crippen molar-refractivity contribution in [1.29, 1.82) is 0 Å². The van der Waals surface area contributed by atoms with Gasteiger partial charge in [-0.3, -0.25) is 0 Å². The number of aromatic nitrogens is 2. The Morgan fingerprint density at radius 1 is 1.18 bits per heavy atom. The minimum atomic E-state index is -0.550. The lowest BCUT2D eigenvalue weighted by Crippen LogP contribution is -2.52. The van der Waals surface area contributed by atoms with Crippen LogP contribution in [0.1, 0.15) is 41.5 Å². The molecule has 1 aromatic heterocycles. The molecular formula is C17H31N7O4. The molecule has 158 valence electrons. The number of nitrogens with one attached hydrogen (secondary N) is 2. The van der Waals surface area contributed by atoms with Gasteiger partial charge < -0.3 is 31.2 Å². The van der Waals surface area contributed by atoms with Gasteiger partial charge in [0.25, 0.3) is 0 Å². The normalized spacial score (nSPS) is 14.9. The summed E-state index contributed by atoms with van der Waals surface area (Å²) in [5, 5.41) is 42.5. The van der Waals surface area contributed by atoms with E-state index >= 15 is 0 Å². The highest BCUT2D eigenvalue weighted by atomic mass is 16.6. The number of hydrogen-bond acceptors (Lipinski definition) is 9. The Hall–Kier alpha value is -2.53. The van der Waals surface area contributed by atoms with Crippen molar-refractivity contribution in [3.05, 3.63) is 22.5 Å². The molecule has 0 aliphatic rings. The Bertz CT molecular complexity index is 691. The average molecular weight is 397 g/mol. The molecule has 1 aromatic rings. The predicted octanol–water partition coefficient (Wildman–Crippen LogP) is 1.84. The molecule has 11 heteroatoms. The molecule has 0 saturated carbocycles. The third-order valence-corrected chi connectivity index (χ3v) is 5.09. The zero-order chi connectivity index (χ0) is 21.5. The molecule has 0 atom stereocenters. The molecule has 0 fully saturated rings. The Morgan fingerprint density at radius 2 is 1.64 bits per heavy atom. The third kappa shape index (κ3) is 6.27. The molecule has 0 unspecified atom stereocenters. The van der Waals surface area contributed by atoms with E-state index in [1.54, 1.807) is 20.0 Å². The van der Waals surface area contributed by atoms with E-state index in [0.717, 1.165) is 0 Å². The summed E-state index contributed by atoms with van der Waals surface area (Å²) in [7, 11) is 0. The summed E-state index contributed by atoms with van der Waals surface area (Å²) in [6, 6.07) is 0. The molecule has 4 N–H and O–H groups in total. The molecule has 0 radical (unpaired) electrons. The van der Waals surface area contributed by atoms with Crippen molar-refractivity contribution in [2.24, 2.45) is 16.2 Å². The highest BCUT2D eigenvalue weighted by molar-refractivity contribution is 5.90. The number of rotatable bonds is 11. The fourth-order valence-corrected chi connectivity index (χ4v) is 2.40. The fourth-order valence-electron chi connectivity index (χ4n) is 2.40. The SMILES string of the molecule is C/C(=N\O)C(C)(C)NCC(CNC(C)(C)/C(C)=N/O)Cn1ccnc1[N+](=O)[O-]. The van der Waals surface area contributed by atoms with Gasteiger partial charge in [0, 0.05) is 19.0 Å². The van der Waals surface area contributed by atoms with E-state index in [4.69, 9.17) is 10.4 Å². The van der Waals surface area contributed by atoms with Crippen LogP contribution in [0.15, 0.2) is 22.7 Å². The largest absolute Gasteiger partial charge is 0.434 e. The number of oxime groups is 2. The summed E-state index contributed by atoms with van der Waals surface area (Å²) in [6.45, 7) is 12.3. The summed E-state index contributed by atoms with van der Waals surface area (Å²) in [6.07, 6.45) is 2.97. The van der Waals surface area contributed by atoms with Crippen molar-refractivity contribution in [3.63, 3.8) is 0 Å². The first kappa shape index (κ1) is 23.5. The summed E-state index contributed by atoms with van der Waals surface area (Å²) in [5.41, 5.74) is -0.0506. The minimum absolute atomic E-state index is 0.0653. The van der Waals surface area contributed by atoms with Crippen LogP contribution < -0.4 is 10.6 Å². The topological polar surface area (TPSA) is 150 Å². The lowest BCUT2D eigenvalue weighted by atomic mass is 9.96. The lowest BCUT2D eigenvalue weighted by Gasteiger charge is -2.31. The molecule has 0 aliphatic heterocycles. The van der Waals surface area contributed by atoms with Gasteiger partial charge in [0.2, 0.25) is 0 Å². The van der Waals surface area contributed by atoms with Crippen LogP contribution in [0.25, 0.3) is 0 Å². The molecule has 0 aliphatic carbocycles. The van der Waals surface area contributed by atoms with Crippen LogP contribution in [-0.2, 0) is 6.54 Å². The van der Waals surface area contributed by atoms with Crippen molar-refractivity contribution >= 4 is 17.4 Å². The molecule has 28 heavy (non-hydrogen) atoms. The van der Waals surface area contributed by atoms with Gasteiger partial charge >= 0.3 is 5.95 Å². The maximum atomic E-state index is 11.2. The van der Waals surface area contributed by atoms with Gasteiger partial charge in [0.05, 0.1) is 29.0 Å². The van der Waals surface area contributed by atoms with Gasteiger partial charge in [-0.1, -0.05) is 15.3 Å². The second kappa shape index (κ2) is 9.60. The Morgan fingerprint density at radius 3 is 2.04 bits per heavy atom. The second-order valence-corrected chi connectivity index (χ2v) is 7.89. The molecule has 1 rings (SSSR count). The Labute approximate surface area is 164 Å². The van der Waals surface area contributed by atoms with E-state index in [0.29, 0.717) is 31.1 Å². The maximum absolute atomic E-state index is 11.2. The molecule has 0 amide bonds. The highest BCUT2D eigenvalue weighted by Gasteiger charge is 2.28. The van der Waals surface area contributed by atoms with Crippen LogP contribution in [0.5, 0.6) is 0 Å². The van der Waals surface area contributed by atoms with Crippen molar-refractivity contribution in [2.75, 3.05) is 13.1 Å². The van der Waals surface area contributed by atoms with Crippen LogP contribution in [-0.4, -0.2) is 60.5 Å². The van der Waals surface area contributed by atoms with Crippen LogP contribution in [0.2, 0.25) is 0 Å². The predicted molar refractivity (Wildman–Crippen MR) is 106 cm³/mol. The monoisotopic (exact) mass is 397 g/mol. The van der Waals surface area contributed by atoms with Gasteiger partial charge in [-0.15, -0.1) is 0 Å². The lowest BCUT2D eigenvalue weighted by molar-refractivity contribution is -0.396. The first-order valence-corrected chi connectivity index (χ1v) is 8.98. The van der Waals surface area contributed by atoms with Gasteiger partial charge in [-0.25, -0.2) is 4.57 Å². The second-order valence-electron chi connectivity index (χ2n) is 7.89. The van der Waals surface area contributed by atoms with Gasteiger partial charge in [-0.05, 0) is 46.5 Å². The molecular weight excluding hydrogens is 366 g/mol. The molecule has 0 aromatic carbocycles. The first-order chi connectivity index (χ1) is 12.9. The van der Waals surface area contributed by atoms with E-state index in [1.165, 1.54) is 10.8 Å². The van der Waals surface area contributed by atoms with Gasteiger partial charge in [0.15, 0.2) is 0 Å². The Kier molecular flexibility index (Phi) is 8.06. The number of nitrogens with zero attached hydrogens (tertiary/aromatic N) is 5. The van der Waals surface area contributed by atoms with Crippen LogP contribution >= 0.6 is 0 Å². The maximum Gasteiger partial charge on any atom is 0.434 e. The summed E-state index contributed by atoms with van der Waals surface area (Å²) < 4.78 is 1.49. The molecule has 1 heterocycles. The van der Waals surface area contributed by atoms with Gasteiger partial charge in [0.1, 0.15) is 12.4 Å². The van der Waals surface area contributed by atoms with Crippen LogP contribution in [0.3, 0.4) is 0 Å². The van der Waals surface area contributed by atoms with E-state index in [1.807, 2.05) is 27.7 Å². The number of hydrogen-bond donors (Lipinski definition) is 4. The molecule has 0 spiro atoms. The molecule has 0 bridgehead atoms. The van der Waals surface area contributed by atoms with Crippen LogP contribution in [0.4, 0.5) is 5.95 Å². The summed E-state index contributed by atoms with van der Waals surface area (Å²) in [5.74, 6) is -0.283. The number of imidazole rings is 1. The minimum Gasteiger partial charge on any atom is -0.411 e. The summed E-state index contributed by atoms with van der Waals surface area (Å²) >= 11 is 0. The number of nitro groups is 1. The first-order valence-electron chi connectivity index (χ1n) is 8.98. The Balaban J connectivity index is 2.96. The standard InChI is InChI=1S/C17H31N7O4/c1-12(21-25)16(3,4)19-9-14(10-20-17(5,6)13(2)22-26)11-23-8-7-18-15(23)24(27)28/h7-8,14,19-20,25-26H,9-11H2,1-6H3/b21-12+,22-13+. The van der Waals surface area contributed by atoms with Crippen molar-refractivity contribution in [1.82, 2.24) is 20.2 Å². The van der Waals surface area contributed by atoms with Crippen molar-refractivity contribution in [2.45, 2.75) is 59.2 Å². The van der Waals surface area contributed by atoms with E-state index < -0.39 is 16.0 Å². The van der Waals surface area contributed by atoms with Crippen LogP contribution in [0, 0.1) is 16.0 Å². The molecule has 11 nitrogen and oxygen atoms in total. The zero-order valence-corrected chi connectivity index (χ0v) is 17.3. The summed E-state index contributed by atoms with van der Waals surface area (Å²) in [4.78, 5) is 14.4. The smallest absolute Gasteiger partial charge is 0.411 e. The van der Waals surface area contributed by atoms with E-state index in [-0.39, 0.29) is 11.9 Å². The van der Waals surface area contributed by atoms with Crippen molar-refractivity contribution in [3.8, 4) is 0 Å². The van der Waals surface area contributed by atoms with E-state index in [2.05, 4.69) is 25.9 Å².